The zero-order valence-corrected chi connectivity index (χ0v) is 71.4. The summed E-state index contributed by atoms with van der Waals surface area (Å²) in [5.74, 6) is 4.93. The number of pyridine rings is 1. The fourth-order valence-electron chi connectivity index (χ4n) is 16.9. The van der Waals surface area contributed by atoms with Gasteiger partial charge in [-0.05, 0) is 187 Å². The van der Waals surface area contributed by atoms with Crippen molar-refractivity contribution in [2.45, 2.75) is 199 Å². The van der Waals surface area contributed by atoms with Crippen LogP contribution in [0.1, 0.15) is 207 Å². The number of esters is 1. The smallest absolute Gasteiger partial charge is 0.338 e. The fourth-order valence-corrected chi connectivity index (χ4v) is 20.3. The molecule has 0 radical (unpaired) electrons. The number of aliphatic imine (C=N–C) groups is 3. The van der Waals surface area contributed by atoms with Gasteiger partial charge in [0.15, 0.2) is 12.0 Å². The normalized spacial score (nSPS) is 20.2. The summed E-state index contributed by atoms with van der Waals surface area (Å²) in [5.41, 5.74) is 3.66. The number of Topliss-reactive ketones (excluding diaryl/α,β-unsaturated/α-hetero) is 1. The fraction of sp³-hybridized carbons (Fsp3) is 0.560. The molecule has 0 atom stereocenters. The quantitative estimate of drug-likeness (QED) is 0.0181. The van der Waals surface area contributed by atoms with Gasteiger partial charge in [-0.25, -0.2) is 30.2 Å². The Morgan fingerprint density at radius 2 is 0.991 bits per heavy atom. The molecular formula is C84H115ClIN13O12S3. The third kappa shape index (κ3) is 22.1. The Balaban J connectivity index is 0.000000168. The number of hydrogen-bond donors (Lipinski definition) is 5. The van der Waals surface area contributed by atoms with Gasteiger partial charge in [0.25, 0.3) is 32.9 Å². The summed E-state index contributed by atoms with van der Waals surface area (Å²) in [6.45, 7) is 11.8. The van der Waals surface area contributed by atoms with Gasteiger partial charge in [0.2, 0.25) is 20.0 Å². The molecule has 10 aliphatic rings. The van der Waals surface area contributed by atoms with E-state index in [9.17, 15) is 49.2 Å². The molecule has 6 aliphatic heterocycles. The van der Waals surface area contributed by atoms with E-state index < -0.39 is 58.2 Å². The van der Waals surface area contributed by atoms with Gasteiger partial charge < -0.3 is 59.5 Å². The lowest BCUT2D eigenvalue weighted by atomic mass is 9.88. The van der Waals surface area contributed by atoms with E-state index in [1.807, 2.05) is 72.4 Å². The van der Waals surface area contributed by atoms with Crippen molar-refractivity contribution in [1.29, 1.82) is 0 Å². The van der Waals surface area contributed by atoms with Crippen LogP contribution in [0.4, 0.5) is 0 Å². The maximum absolute atomic E-state index is 13.0. The number of aromatic amines is 2. The van der Waals surface area contributed by atoms with E-state index in [4.69, 9.17) is 26.6 Å². The van der Waals surface area contributed by atoms with Gasteiger partial charge in [-0.2, -0.15) is 17.3 Å². The number of hydrogen-bond acceptors (Lipinski definition) is 16. The lowest BCUT2D eigenvalue weighted by molar-refractivity contribution is -0.669. The Morgan fingerprint density at radius 1 is 0.561 bits per heavy atom. The van der Waals surface area contributed by atoms with Gasteiger partial charge in [0, 0.05) is 120 Å². The number of amidine groups is 3. The van der Waals surface area contributed by atoms with Crippen LogP contribution >= 0.6 is 11.6 Å². The van der Waals surface area contributed by atoms with Crippen molar-refractivity contribution in [1.82, 2.24) is 43.7 Å². The van der Waals surface area contributed by atoms with Crippen LogP contribution in [0, 0.1) is 28.9 Å². The number of fused-ring (bicyclic) bond motifs is 3. The summed E-state index contributed by atoms with van der Waals surface area (Å²) < 4.78 is 85.6. The molecule has 3 aromatic heterocycles. The van der Waals surface area contributed by atoms with Gasteiger partial charge in [-0.1, -0.05) is 116 Å². The Morgan fingerprint density at radius 3 is 1.40 bits per heavy atom. The van der Waals surface area contributed by atoms with Crippen molar-refractivity contribution in [3.8, 4) is 11.2 Å². The average molecular weight is 1760 g/mol. The molecule has 0 unspecified atom stereocenters. The van der Waals surface area contributed by atoms with Crippen LogP contribution < -0.4 is 44.5 Å². The van der Waals surface area contributed by atoms with Gasteiger partial charge >= 0.3 is 5.97 Å². The van der Waals surface area contributed by atoms with E-state index in [0.717, 1.165) is 121 Å². The van der Waals surface area contributed by atoms with Crippen molar-refractivity contribution >= 4 is 110 Å². The first-order valence-electron chi connectivity index (χ1n) is 40.1. The zero-order chi connectivity index (χ0) is 79.9. The predicted octanol–water partition coefficient (Wildman–Crippen LogP) is 8.38. The minimum absolute atomic E-state index is 0. The maximum Gasteiger partial charge on any atom is 0.338 e. The molecule has 6 aromatic rings. The number of nitrogens with one attached hydrogen (secondary N) is 5. The van der Waals surface area contributed by atoms with E-state index in [1.54, 1.807) is 36.7 Å². The van der Waals surface area contributed by atoms with E-state index in [2.05, 4.69) is 73.6 Å². The minimum atomic E-state index is -3.79. The number of sulfonamides is 3. The molecule has 3 spiro atoms. The summed E-state index contributed by atoms with van der Waals surface area (Å²) in [4.78, 5) is 84.8. The molecule has 4 aliphatic carbocycles. The second-order valence-corrected chi connectivity index (χ2v) is 36.9. The van der Waals surface area contributed by atoms with E-state index in [1.165, 1.54) is 102 Å². The number of ketones is 1. The number of methoxy groups -OCH3 is 1. The first kappa shape index (κ1) is 90.6. The van der Waals surface area contributed by atoms with E-state index in [-0.39, 0.29) is 81.3 Å². The highest BCUT2D eigenvalue weighted by atomic mass is 127. The van der Waals surface area contributed by atoms with Crippen LogP contribution in [0.2, 0.25) is 5.15 Å². The van der Waals surface area contributed by atoms with Crippen LogP contribution in [0.25, 0.3) is 21.8 Å². The van der Waals surface area contributed by atoms with E-state index >= 15 is 0 Å². The molecular weight excluding hydrogens is 1640 g/mol. The number of aryl methyl sites for hydroxylation is 2. The number of rotatable bonds is 13. The monoisotopic (exact) mass is 1760 g/mol. The van der Waals surface area contributed by atoms with E-state index in [0.29, 0.717) is 80.5 Å². The number of halogens is 2. The molecule has 114 heavy (non-hydrogen) atoms. The molecule has 16 rings (SSSR count). The van der Waals surface area contributed by atoms with Gasteiger partial charge in [-0.3, -0.25) is 34.2 Å². The number of aromatic nitrogens is 3. The van der Waals surface area contributed by atoms with Crippen molar-refractivity contribution in [2.24, 2.45) is 39.8 Å². The average Bonchev–Trinajstić information content (AvgIpc) is 1.53. The molecule has 3 amide bonds. The SMILES string of the molecule is C.CCN(CC)CC.COC(=O)c1cccc2[nH]ccc12.CS(=O)(=O)N1CCC2(CC1)N=C(C1CCCCC1)NC2=O.C[n+]1ccccc1Cl.O=C(CS(=O)(=O)N1CCC2(CC1)N=C(C1CCCCC1)NC2=O)c1cccc2[nH]ccc12.O=C1NC(C2CCCCC2)=NC12CCN(S(=O)(=O)C#Cc1cccc3c1CCC3)CC2.[I-]. The minimum Gasteiger partial charge on any atom is -1.00 e. The molecule has 25 nitrogen and oxygen atoms in total. The Labute approximate surface area is 696 Å². The van der Waals surface area contributed by atoms with Crippen LogP contribution in [-0.4, -0.2) is 195 Å². The second-order valence-electron chi connectivity index (χ2n) is 30.9. The number of ether oxygens (including phenoxy) is 1. The first-order valence-corrected chi connectivity index (χ1v) is 45.4. The summed E-state index contributed by atoms with van der Waals surface area (Å²) in [6, 6.07) is 26.0. The Kier molecular flexibility index (Phi) is 32.4. The summed E-state index contributed by atoms with van der Waals surface area (Å²) >= 11 is 5.67. The molecule has 620 valence electrons. The lowest BCUT2D eigenvalue weighted by Crippen LogP contribution is -3.00. The Bertz CT molecular complexity index is 4850. The highest BCUT2D eigenvalue weighted by Crippen LogP contribution is 2.39. The summed E-state index contributed by atoms with van der Waals surface area (Å²) in [5, 5.41) is 13.9. The Hall–Kier alpha value is -7.28. The van der Waals surface area contributed by atoms with Crippen LogP contribution in [0.5, 0.6) is 0 Å². The van der Waals surface area contributed by atoms with Crippen molar-refractivity contribution in [3.63, 3.8) is 0 Å². The zero-order valence-electron chi connectivity index (χ0n) is 66.0. The number of carbonyl (C=O) groups is 5. The highest BCUT2D eigenvalue weighted by molar-refractivity contribution is 7.93. The standard InChI is InChI=1S/C24H29N3O3S.C23H28N4O4S.C14H23N3O3S.C10H9NO2.C6H7ClN.C6H15N.CH4.HI/c28-23-24(26-22(25-23)20-6-2-1-3-7-20)13-15-27(16-14-24)31(29,30)17-12-19-9-4-8-18-10-5-11-21(18)19;28-20(18-7-4-8-19-17(18)9-12-24-19)15-32(30,31)27-13-10-23(11-14-27)22(29)25-21(26-23)16-5-2-1-3-6-16;1-21(19,20)17-9-7-14(8-10-17)13(18)15-12(16-14)11-5-3-2-4-6-11;1-13-10(12)8-3-2-4-9-7(8)5-6-11-9;1-8-5-3-2-4-6(8)7;1-4-7(5-2)6-3;;/h4,8-9,20H,1-3,5-7,10-11,13-16H2,(H,25,26,28);4,7-9,12,16,24H,1-3,5-6,10-11,13-15H2,(H,25,26,29);11H,2-10H2,1H3,(H,15,16,18);2-6,11H,1H3;2-5H,1H3;4-6H2,1-3H3;1H4;1H/q;;;;+1;;;/p-1. The maximum atomic E-state index is 13.0. The third-order valence-corrected chi connectivity index (χ3v) is 28.7. The molecule has 3 aromatic carbocycles. The topological polar surface area (TPSA) is 319 Å². The molecule has 3 saturated carbocycles. The molecule has 30 heteroatoms. The first-order chi connectivity index (χ1) is 53.7. The lowest BCUT2D eigenvalue weighted by Gasteiger charge is -2.34. The summed E-state index contributed by atoms with van der Waals surface area (Å²) in [6.07, 6.45) is 29.5. The largest absolute Gasteiger partial charge is 1.00 e. The van der Waals surface area contributed by atoms with Crippen LogP contribution in [0.3, 0.4) is 0 Å². The highest BCUT2D eigenvalue weighted by Gasteiger charge is 2.51. The van der Waals surface area contributed by atoms with Crippen molar-refractivity contribution in [3.05, 3.63) is 136 Å². The molecule has 0 bridgehead atoms. The third-order valence-electron chi connectivity index (χ3n) is 23.8. The molecule has 6 fully saturated rings. The molecule has 9 heterocycles. The van der Waals surface area contributed by atoms with Crippen LogP contribution in [-0.2, 0) is 69.1 Å². The number of H-pyrrole nitrogens is 2. The van der Waals surface area contributed by atoms with Crippen molar-refractivity contribution < 1.29 is 82.5 Å². The molecule has 5 N–H and O–H groups in total. The second kappa shape index (κ2) is 40.7. The predicted molar refractivity (Wildman–Crippen MR) is 445 cm³/mol. The summed E-state index contributed by atoms with van der Waals surface area (Å²) in [7, 11) is -7.37. The van der Waals surface area contributed by atoms with Crippen LogP contribution in [0.15, 0.2) is 118 Å². The van der Waals surface area contributed by atoms with Crippen molar-refractivity contribution in [2.75, 3.05) is 78.0 Å². The van der Waals surface area contributed by atoms with Gasteiger partial charge in [0.1, 0.15) is 46.9 Å². The number of benzene rings is 3. The number of amides is 3. The number of carbonyl (C=O) groups excluding carboxylic acids is 5. The molecule has 3 saturated heterocycles. The van der Waals surface area contributed by atoms with Gasteiger partial charge in [0.05, 0.1) is 18.9 Å². The number of nitrogens with zero attached hydrogens (tertiary/aromatic N) is 8. The van der Waals surface area contributed by atoms with Gasteiger partial charge in [-0.15, -0.1) is 0 Å². The number of piperidine rings is 3.